The van der Waals surface area contributed by atoms with Crippen LogP contribution in [0, 0.1) is 29.1 Å². The monoisotopic (exact) mass is 353 g/mol. The van der Waals surface area contributed by atoms with Gasteiger partial charge in [-0.2, -0.15) is 8.78 Å². The molecule has 6 heteroatoms. The first-order valence-electron chi connectivity index (χ1n) is 6.88. The quantitative estimate of drug-likeness (QED) is 0.253. The highest BCUT2D eigenvalue weighted by Crippen LogP contribution is 2.36. The zero-order chi connectivity index (χ0) is 17.3. The molecule has 3 rings (SSSR count). The minimum absolute atomic E-state index is 0.451. The molecule has 0 fully saturated rings. The summed E-state index contributed by atoms with van der Waals surface area (Å²) in [5.41, 5.74) is 0. The molecule has 0 aliphatic heterocycles. The van der Waals surface area contributed by atoms with E-state index in [1.807, 2.05) is 0 Å². The molecule has 0 spiro atoms. The fourth-order valence-corrected chi connectivity index (χ4v) is 4.39. The molecule has 0 nitrogen and oxygen atoms in total. The lowest BCUT2D eigenvalue weighted by Crippen LogP contribution is -2.14. The summed E-state index contributed by atoms with van der Waals surface area (Å²) in [7, 11) is -1.46. The predicted molar refractivity (Wildman–Crippen MR) is 81.3 cm³/mol. The van der Waals surface area contributed by atoms with Crippen LogP contribution in [0.5, 0.6) is 0 Å². The molecule has 0 atom stereocenters. The molecular formula is C18H10F5S+. The largest absolute Gasteiger partial charge is 0.243 e. The van der Waals surface area contributed by atoms with Gasteiger partial charge in [0.2, 0.25) is 34.0 Å². The second-order valence-corrected chi connectivity index (χ2v) is 6.79. The third-order valence-electron chi connectivity index (χ3n) is 3.33. The normalized spacial score (nSPS) is 11.1. The van der Waals surface area contributed by atoms with Gasteiger partial charge in [0.1, 0.15) is 10.9 Å². The molecule has 0 aliphatic rings. The maximum absolute atomic E-state index is 14.3. The van der Waals surface area contributed by atoms with Crippen LogP contribution in [0.3, 0.4) is 0 Å². The van der Waals surface area contributed by atoms with Gasteiger partial charge >= 0.3 is 0 Å². The average Bonchev–Trinajstić information content (AvgIpc) is 2.63. The van der Waals surface area contributed by atoms with Gasteiger partial charge in [0.25, 0.3) is 0 Å². The molecule has 0 unspecified atom stereocenters. The number of benzene rings is 3. The highest BCUT2D eigenvalue weighted by atomic mass is 32.2. The summed E-state index contributed by atoms with van der Waals surface area (Å²) in [6.45, 7) is 0. The summed E-state index contributed by atoms with van der Waals surface area (Å²) in [6.07, 6.45) is 0. The number of hydrogen-bond acceptors (Lipinski definition) is 0. The van der Waals surface area contributed by atoms with Crippen molar-refractivity contribution in [2.45, 2.75) is 14.7 Å². The van der Waals surface area contributed by atoms with Crippen LogP contribution in [0.4, 0.5) is 22.0 Å². The summed E-state index contributed by atoms with van der Waals surface area (Å²) in [5.74, 6) is -9.63. The van der Waals surface area contributed by atoms with E-state index in [1.54, 1.807) is 60.7 Å². The van der Waals surface area contributed by atoms with Crippen LogP contribution in [0.1, 0.15) is 0 Å². The summed E-state index contributed by atoms with van der Waals surface area (Å²) in [4.78, 5) is 0.0719. The maximum atomic E-state index is 14.3. The van der Waals surface area contributed by atoms with Crippen LogP contribution in [0.15, 0.2) is 75.4 Å². The Morgan fingerprint density at radius 1 is 0.458 bits per heavy atom. The molecule has 0 aromatic heterocycles. The molecule has 0 saturated carbocycles. The van der Waals surface area contributed by atoms with E-state index in [0.29, 0.717) is 9.79 Å². The van der Waals surface area contributed by atoms with Gasteiger partial charge in [-0.05, 0) is 24.3 Å². The second-order valence-electron chi connectivity index (χ2n) is 4.83. The molecule has 24 heavy (non-hydrogen) atoms. The van der Waals surface area contributed by atoms with Crippen molar-refractivity contribution in [3.05, 3.63) is 89.7 Å². The molecule has 0 radical (unpaired) electrons. The molecule has 0 heterocycles. The molecule has 122 valence electrons. The first kappa shape index (κ1) is 16.5. The third kappa shape index (κ3) is 2.78. The summed E-state index contributed by atoms with van der Waals surface area (Å²) in [5, 5.41) is 0. The third-order valence-corrected chi connectivity index (χ3v) is 5.59. The van der Waals surface area contributed by atoms with Gasteiger partial charge in [-0.15, -0.1) is 0 Å². The second kappa shape index (κ2) is 6.65. The van der Waals surface area contributed by atoms with Crippen LogP contribution >= 0.6 is 0 Å². The number of hydrogen-bond donors (Lipinski definition) is 0. The van der Waals surface area contributed by atoms with E-state index in [0.717, 1.165) is 0 Å². The van der Waals surface area contributed by atoms with E-state index in [-0.39, 0.29) is 0 Å². The minimum atomic E-state index is -2.15. The van der Waals surface area contributed by atoms with Crippen LogP contribution < -0.4 is 0 Å². The Bertz CT molecular complexity index is 797. The van der Waals surface area contributed by atoms with Gasteiger partial charge in [-0.1, -0.05) is 36.4 Å². The lowest BCUT2D eigenvalue weighted by molar-refractivity contribution is 0.360. The van der Waals surface area contributed by atoms with Crippen molar-refractivity contribution in [1.82, 2.24) is 0 Å². The smallest absolute Gasteiger partial charge is 0.200 e. The highest BCUT2D eigenvalue weighted by Gasteiger charge is 2.40. The first-order valence-corrected chi connectivity index (χ1v) is 8.10. The van der Waals surface area contributed by atoms with Gasteiger partial charge in [0, 0.05) is 0 Å². The van der Waals surface area contributed by atoms with Crippen LogP contribution in [-0.4, -0.2) is 0 Å². The Kier molecular flexibility index (Phi) is 4.57. The van der Waals surface area contributed by atoms with E-state index < -0.39 is 44.9 Å². The van der Waals surface area contributed by atoms with E-state index in [4.69, 9.17) is 0 Å². The van der Waals surface area contributed by atoms with Gasteiger partial charge in [-0.25, -0.2) is 13.2 Å². The first-order chi connectivity index (χ1) is 11.5. The Labute approximate surface area is 137 Å². The Balaban J connectivity index is 2.33. The lowest BCUT2D eigenvalue weighted by Gasteiger charge is -2.10. The van der Waals surface area contributed by atoms with Gasteiger partial charge < -0.3 is 0 Å². The summed E-state index contributed by atoms with van der Waals surface area (Å²) >= 11 is 0. The maximum Gasteiger partial charge on any atom is 0.243 e. The van der Waals surface area contributed by atoms with Crippen molar-refractivity contribution in [3.8, 4) is 0 Å². The predicted octanol–water partition coefficient (Wildman–Crippen LogP) is 5.48. The van der Waals surface area contributed by atoms with Crippen molar-refractivity contribution in [3.63, 3.8) is 0 Å². The van der Waals surface area contributed by atoms with Crippen LogP contribution in [0.2, 0.25) is 0 Å². The van der Waals surface area contributed by atoms with Crippen molar-refractivity contribution >= 4 is 10.9 Å². The van der Waals surface area contributed by atoms with Gasteiger partial charge in [0.05, 0.1) is 0 Å². The number of halogens is 5. The van der Waals surface area contributed by atoms with Crippen LogP contribution in [0.25, 0.3) is 0 Å². The Hall–Kier alpha value is -2.34. The minimum Gasteiger partial charge on any atom is -0.200 e. The van der Waals surface area contributed by atoms with Crippen molar-refractivity contribution in [2.24, 2.45) is 0 Å². The van der Waals surface area contributed by atoms with Gasteiger partial charge in [0.15, 0.2) is 9.79 Å². The fourth-order valence-electron chi connectivity index (χ4n) is 2.25. The SMILES string of the molecule is Fc1c(F)c(F)c([S+](c2ccccc2)c2ccccc2)c(F)c1F. The van der Waals surface area contributed by atoms with E-state index >= 15 is 0 Å². The molecule has 3 aromatic carbocycles. The molecule has 0 bridgehead atoms. The van der Waals surface area contributed by atoms with E-state index in [2.05, 4.69) is 0 Å². The van der Waals surface area contributed by atoms with Crippen molar-refractivity contribution in [1.29, 1.82) is 0 Å². The molecule has 0 N–H and O–H groups in total. The molecule has 0 saturated heterocycles. The summed E-state index contributed by atoms with van der Waals surface area (Å²) < 4.78 is 69.2. The average molecular weight is 353 g/mol. The molecular weight excluding hydrogens is 343 g/mol. The van der Waals surface area contributed by atoms with Gasteiger partial charge in [-0.3, -0.25) is 0 Å². The molecule has 3 aromatic rings. The molecule has 0 amide bonds. The fraction of sp³-hybridized carbons (Fsp3) is 0. The van der Waals surface area contributed by atoms with Crippen molar-refractivity contribution < 1.29 is 22.0 Å². The topological polar surface area (TPSA) is 0 Å². The standard InChI is InChI=1S/C18H10F5S/c19-13-14(20)16(22)18(17(23)15(13)21)24(11-7-3-1-4-8-11)12-9-5-2-6-10-12/h1-10H/q+1. The molecule has 0 aliphatic carbocycles. The Morgan fingerprint density at radius 3 is 1.17 bits per heavy atom. The highest BCUT2D eigenvalue weighted by molar-refractivity contribution is 7.97. The van der Waals surface area contributed by atoms with E-state index in [1.165, 1.54) is 0 Å². The lowest BCUT2D eigenvalue weighted by atomic mass is 10.3. The zero-order valence-corrected chi connectivity index (χ0v) is 12.9. The van der Waals surface area contributed by atoms with Crippen LogP contribution in [-0.2, 0) is 10.9 Å². The zero-order valence-electron chi connectivity index (χ0n) is 12.1. The Morgan fingerprint density at radius 2 is 0.792 bits per heavy atom. The number of rotatable bonds is 3. The van der Waals surface area contributed by atoms with Crippen molar-refractivity contribution in [2.75, 3.05) is 0 Å². The summed E-state index contributed by atoms with van der Waals surface area (Å²) in [6, 6.07) is 16.3. The van der Waals surface area contributed by atoms with E-state index in [9.17, 15) is 22.0 Å².